The summed E-state index contributed by atoms with van der Waals surface area (Å²) in [6.45, 7) is 2.90. The van der Waals surface area contributed by atoms with Gasteiger partial charge in [-0.15, -0.1) is 0 Å². The smallest absolute Gasteiger partial charge is 0.272 e. The molecule has 0 radical (unpaired) electrons. The lowest BCUT2D eigenvalue weighted by molar-refractivity contribution is 0.0354. The van der Waals surface area contributed by atoms with Crippen LogP contribution in [0.1, 0.15) is 47.4 Å². The zero-order valence-electron chi connectivity index (χ0n) is 14.5. The molecule has 1 aromatic heterocycles. The van der Waals surface area contributed by atoms with Crippen molar-refractivity contribution in [3.05, 3.63) is 53.1 Å². The summed E-state index contributed by atoms with van der Waals surface area (Å²) in [6.07, 6.45) is 4.87. The van der Waals surface area contributed by atoms with E-state index in [1.807, 2.05) is 6.92 Å². The summed E-state index contributed by atoms with van der Waals surface area (Å²) in [4.78, 5) is 14.4. The summed E-state index contributed by atoms with van der Waals surface area (Å²) in [7, 11) is 0. The number of amides is 1. The largest absolute Gasteiger partial charge is 0.376 e. The fourth-order valence-corrected chi connectivity index (χ4v) is 3.17. The van der Waals surface area contributed by atoms with E-state index >= 15 is 0 Å². The van der Waals surface area contributed by atoms with Gasteiger partial charge in [0.25, 0.3) is 5.91 Å². The van der Waals surface area contributed by atoms with Gasteiger partial charge in [-0.05, 0) is 31.9 Å². The lowest BCUT2D eigenvalue weighted by atomic mass is 10.2. The number of aromatic nitrogens is 2. The standard InChI is InChI=1S/C19H24FN3O2/c1-14-12-18(22-21-14)19(24)23(10-11-25-16-7-3-4-8-16)13-15-6-2-5-9-17(15)20/h2,5-6,9,12,16H,3-4,7-8,10-11,13H2,1H3,(H,21,22). The molecule has 1 saturated carbocycles. The Kier molecular flexibility index (Phi) is 5.81. The molecule has 1 amide bonds. The van der Waals surface area contributed by atoms with Crippen molar-refractivity contribution in [2.75, 3.05) is 13.2 Å². The quantitative estimate of drug-likeness (QED) is 0.836. The number of nitrogens with one attached hydrogen (secondary N) is 1. The van der Waals surface area contributed by atoms with Crippen LogP contribution in [0, 0.1) is 12.7 Å². The molecule has 6 heteroatoms. The Morgan fingerprint density at radius 1 is 1.36 bits per heavy atom. The topological polar surface area (TPSA) is 58.2 Å². The molecular formula is C19H24FN3O2. The van der Waals surface area contributed by atoms with Crippen LogP contribution >= 0.6 is 0 Å². The van der Waals surface area contributed by atoms with Crippen molar-refractivity contribution in [3.8, 4) is 0 Å². The van der Waals surface area contributed by atoms with Crippen LogP contribution in [0.3, 0.4) is 0 Å². The normalized spacial score (nSPS) is 14.8. The van der Waals surface area contributed by atoms with Crippen molar-refractivity contribution in [3.63, 3.8) is 0 Å². The molecule has 0 spiro atoms. The van der Waals surface area contributed by atoms with Crippen molar-refractivity contribution < 1.29 is 13.9 Å². The highest BCUT2D eigenvalue weighted by molar-refractivity contribution is 5.92. The highest BCUT2D eigenvalue weighted by Crippen LogP contribution is 2.21. The van der Waals surface area contributed by atoms with Gasteiger partial charge in [-0.2, -0.15) is 5.10 Å². The number of benzene rings is 1. The Morgan fingerprint density at radius 3 is 2.80 bits per heavy atom. The first kappa shape index (κ1) is 17.6. The second-order valence-corrected chi connectivity index (χ2v) is 6.52. The minimum Gasteiger partial charge on any atom is -0.376 e. The molecule has 0 unspecified atom stereocenters. The number of hydrogen-bond donors (Lipinski definition) is 1. The molecule has 1 N–H and O–H groups in total. The first-order valence-corrected chi connectivity index (χ1v) is 8.80. The summed E-state index contributed by atoms with van der Waals surface area (Å²) in [5.74, 6) is -0.503. The van der Waals surface area contributed by atoms with Gasteiger partial charge in [0, 0.05) is 18.7 Å². The predicted octanol–water partition coefficient (Wildman–Crippen LogP) is 3.46. The van der Waals surface area contributed by atoms with Crippen molar-refractivity contribution in [1.29, 1.82) is 0 Å². The van der Waals surface area contributed by atoms with Crippen LogP contribution in [-0.2, 0) is 11.3 Å². The van der Waals surface area contributed by atoms with Gasteiger partial charge < -0.3 is 9.64 Å². The van der Waals surface area contributed by atoms with E-state index in [1.54, 1.807) is 29.2 Å². The number of rotatable bonds is 7. The van der Waals surface area contributed by atoms with Gasteiger partial charge in [-0.3, -0.25) is 9.89 Å². The van der Waals surface area contributed by atoms with E-state index in [0.717, 1.165) is 18.5 Å². The molecule has 1 aliphatic rings. The van der Waals surface area contributed by atoms with Gasteiger partial charge in [0.2, 0.25) is 0 Å². The number of H-pyrrole nitrogens is 1. The number of carbonyl (C=O) groups excluding carboxylic acids is 1. The lowest BCUT2D eigenvalue weighted by Gasteiger charge is -2.23. The molecular weight excluding hydrogens is 321 g/mol. The van der Waals surface area contributed by atoms with Crippen LogP contribution in [0.15, 0.2) is 30.3 Å². The van der Waals surface area contributed by atoms with Crippen LogP contribution in [0.5, 0.6) is 0 Å². The van der Waals surface area contributed by atoms with Crippen molar-refractivity contribution in [2.24, 2.45) is 0 Å². The van der Waals surface area contributed by atoms with E-state index in [9.17, 15) is 9.18 Å². The van der Waals surface area contributed by atoms with Gasteiger partial charge in [0.15, 0.2) is 0 Å². The number of ether oxygens (including phenoxy) is 1. The fourth-order valence-electron chi connectivity index (χ4n) is 3.17. The molecule has 134 valence electrons. The molecule has 1 aromatic carbocycles. The molecule has 5 nitrogen and oxygen atoms in total. The summed E-state index contributed by atoms with van der Waals surface area (Å²) in [5.41, 5.74) is 1.65. The molecule has 1 heterocycles. The summed E-state index contributed by atoms with van der Waals surface area (Å²) in [6, 6.07) is 8.23. The van der Waals surface area contributed by atoms with E-state index in [0.29, 0.717) is 30.5 Å². The first-order chi connectivity index (χ1) is 12.1. The maximum atomic E-state index is 14.0. The van der Waals surface area contributed by atoms with Gasteiger partial charge in [0.05, 0.1) is 18.4 Å². The zero-order chi connectivity index (χ0) is 17.6. The van der Waals surface area contributed by atoms with Crippen molar-refractivity contribution in [1.82, 2.24) is 15.1 Å². The Hall–Kier alpha value is -2.21. The number of halogens is 1. The van der Waals surface area contributed by atoms with E-state index in [1.165, 1.54) is 18.9 Å². The molecule has 1 aliphatic carbocycles. The number of aryl methyl sites for hydroxylation is 1. The van der Waals surface area contributed by atoms with Gasteiger partial charge in [0.1, 0.15) is 11.5 Å². The lowest BCUT2D eigenvalue weighted by Crippen LogP contribution is -2.34. The predicted molar refractivity (Wildman–Crippen MR) is 92.7 cm³/mol. The maximum absolute atomic E-state index is 14.0. The van der Waals surface area contributed by atoms with Gasteiger partial charge >= 0.3 is 0 Å². The fraction of sp³-hybridized carbons (Fsp3) is 0.474. The highest BCUT2D eigenvalue weighted by atomic mass is 19.1. The SMILES string of the molecule is Cc1cc(C(=O)N(CCOC2CCCC2)Cc2ccccc2F)[nH]n1. The van der Waals surface area contributed by atoms with Gasteiger partial charge in [-0.25, -0.2) is 4.39 Å². The number of hydrogen-bond acceptors (Lipinski definition) is 3. The molecule has 2 aromatic rings. The van der Waals surface area contributed by atoms with E-state index < -0.39 is 0 Å². The van der Waals surface area contributed by atoms with Crippen molar-refractivity contribution in [2.45, 2.75) is 45.3 Å². The number of aromatic amines is 1. The molecule has 3 rings (SSSR count). The number of carbonyl (C=O) groups is 1. The highest BCUT2D eigenvalue weighted by Gasteiger charge is 2.21. The minimum absolute atomic E-state index is 0.195. The van der Waals surface area contributed by atoms with Gasteiger partial charge in [-0.1, -0.05) is 31.0 Å². The Morgan fingerprint density at radius 2 is 2.12 bits per heavy atom. The van der Waals surface area contributed by atoms with E-state index in [4.69, 9.17) is 4.74 Å². The molecule has 0 atom stereocenters. The Labute approximate surface area is 147 Å². The molecule has 1 fully saturated rings. The monoisotopic (exact) mass is 345 g/mol. The second-order valence-electron chi connectivity index (χ2n) is 6.52. The Balaban J connectivity index is 1.68. The second kappa shape index (κ2) is 8.25. The molecule has 25 heavy (non-hydrogen) atoms. The number of nitrogens with zero attached hydrogens (tertiary/aromatic N) is 2. The maximum Gasteiger partial charge on any atom is 0.272 e. The third-order valence-corrected chi connectivity index (χ3v) is 4.56. The van der Waals surface area contributed by atoms with Crippen LogP contribution in [0.25, 0.3) is 0 Å². The van der Waals surface area contributed by atoms with Crippen LogP contribution in [0.4, 0.5) is 4.39 Å². The third kappa shape index (κ3) is 4.66. The average molecular weight is 345 g/mol. The van der Waals surface area contributed by atoms with Crippen LogP contribution in [-0.4, -0.2) is 40.3 Å². The molecule has 0 aliphatic heterocycles. The summed E-state index contributed by atoms with van der Waals surface area (Å²) >= 11 is 0. The summed E-state index contributed by atoms with van der Waals surface area (Å²) < 4.78 is 19.9. The van der Waals surface area contributed by atoms with Crippen molar-refractivity contribution >= 4 is 5.91 Å². The van der Waals surface area contributed by atoms with Crippen LogP contribution < -0.4 is 0 Å². The zero-order valence-corrected chi connectivity index (χ0v) is 14.5. The minimum atomic E-state index is -0.308. The average Bonchev–Trinajstić information content (AvgIpc) is 3.27. The third-order valence-electron chi connectivity index (χ3n) is 4.56. The summed E-state index contributed by atoms with van der Waals surface area (Å²) in [5, 5.41) is 6.75. The van der Waals surface area contributed by atoms with E-state index in [2.05, 4.69) is 10.2 Å². The molecule has 0 bridgehead atoms. The van der Waals surface area contributed by atoms with Crippen LogP contribution in [0.2, 0.25) is 0 Å². The van der Waals surface area contributed by atoms with E-state index in [-0.39, 0.29) is 18.3 Å². The first-order valence-electron chi connectivity index (χ1n) is 8.80. The Bertz CT molecular complexity index is 710. The molecule has 0 saturated heterocycles.